The first-order chi connectivity index (χ1) is 8.14. The van der Waals surface area contributed by atoms with Crippen molar-refractivity contribution in [1.82, 2.24) is 0 Å². The molecule has 1 aromatic carbocycles. The number of anilines is 1. The molecule has 0 aromatic heterocycles. The molecule has 2 rings (SSSR count). The van der Waals surface area contributed by atoms with Crippen LogP contribution >= 0.6 is 15.9 Å². The lowest BCUT2D eigenvalue weighted by molar-refractivity contribution is 0.404. The highest BCUT2D eigenvalue weighted by atomic mass is 79.9. The van der Waals surface area contributed by atoms with Gasteiger partial charge in [-0.2, -0.15) is 5.26 Å². The predicted octanol–water partition coefficient (Wildman–Crippen LogP) is 4.33. The first-order valence-corrected chi connectivity index (χ1v) is 6.88. The fourth-order valence-corrected chi connectivity index (χ4v) is 2.99. The van der Waals surface area contributed by atoms with Gasteiger partial charge < -0.3 is 5.32 Å². The van der Waals surface area contributed by atoms with Crippen LogP contribution in [0.2, 0.25) is 0 Å². The van der Waals surface area contributed by atoms with Crippen molar-refractivity contribution >= 4 is 21.6 Å². The van der Waals surface area contributed by atoms with Crippen molar-refractivity contribution in [2.24, 2.45) is 5.92 Å². The van der Waals surface area contributed by atoms with Crippen molar-refractivity contribution in [2.75, 3.05) is 5.32 Å². The second-order valence-electron chi connectivity index (χ2n) is 4.93. The minimum absolute atomic E-state index is 0.447. The summed E-state index contributed by atoms with van der Waals surface area (Å²) < 4.78 is 1.04. The summed E-state index contributed by atoms with van der Waals surface area (Å²) in [5.74, 6) is 0.464. The number of hydrogen-bond acceptors (Lipinski definition) is 2. The van der Waals surface area contributed by atoms with Crippen LogP contribution in [-0.2, 0) is 0 Å². The molecule has 0 saturated heterocycles. The molecule has 1 fully saturated rings. The maximum atomic E-state index is 9.45. The predicted molar refractivity (Wildman–Crippen MR) is 73.7 cm³/mol. The molecule has 1 atom stereocenters. The van der Waals surface area contributed by atoms with E-state index in [1.165, 1.54) is 12.8 Å². The highest BCUT2D eigenvalue weighted by Crippen LogP contribution is 2.36. The van der Waals surface area contributed by atoms with Gasteiger partial charge in [0, 0.05) is 10.2 Å². The molecular weight excluding hydrogens is 276 g/mol. The molecule has 0 aliphatic heterocycles. The molecule has 0 amide bonds. The number of halogens is 1. The van der Waals surface area contributed by atoms with Crippen LogP contribution in [0, 0.1) is 17.2 Å². The van der Waals surface area contributed by atoms with E-state index >= 15 is 0 Å². The zero-order valence-corrected chi connectivity index (χ0v) is 11.6. The number of rotatable bonds is 3. The Balaban J connectivity index is 2.17. The van der Waals surface area contributed by atoms with Crippen LogP contribution < -0.4 is 5.32 Å². The summed E-state index contributed by atoms with van der Waals surface area (Å²) in [6, 6.07) is 10.5. The molecule has 1 aliphatic carbocycles. The fraction of sp³-hybridized carbons (Fsp3) is 0.500. The van der Waals surface area contributed by atoms with Crippen LogP contribution in [0.5, 0.6) is 0 Å². The Hall–Kier alpha value is -1.01. The molecule has 0 spiro atoms. The smallest absolute Gasteiger partial charge is 0.125 e. The van der Waals surface area contributed by atoms with Crippen LogP contribution in [0.4, 0.5) is 5.69 Å². The summed E-state index contributed by atoms with van der Waals surface area (Å²) in [5, 5.41) is 12.8. The standard InChI is InChI=1S/C14H17BrN2/c1-14(10-16,11-5-2-3-6-11)17-13-8-4-7-12(15)9-13/h4,7-9,11,17H,2-3,5-6H2,1H3. The fourth-order valence-electron chi connectivity index (χ4n) is 2.59. The molecule has 0 heterocycles. The van der Waals surface area contributed by atoms with Gasteiger partial charge in [0.05, 0.1) is 6.07 Å². The summed E-state index contributed by atoms with van der Waals surface area (Å²) in [4.78, 5) is 0. The molecule has 1 N–H and O–H groups in total. The molecule has 17 heavy (non-hydrogen) atoms. The summed E-state index contributed by atoms with van der Waals surface area (Å²) in [6.07, 6.45) is 4.82. The van der Waals surface area contributed by atoms with Crippen LogP contribution in [0.3, 0.4) is 0 Å². The number of nitrogens with one attached hydrogen (secondary N) is 1. The first kappa shape index (κ1) is 12.4. The number of nitriles is 1. The topological polar surface area (TPSA) is 35.8 Å². The van der Waals surface area contributed by atoms with Crippen LogP contribution in [-0.4, -0.2) is 5.54 Å². The summed E-state index contributed by atoms with van der Waals surface area (Å²) in [5.41, 5.74) is 0.562. The maximum absolute atomic E-state index is 9.45. The molecule has 1 aromatic rings. The van der Waals surface area contributed by atoms with Gasteiger partial charge in [-0.1, -0.05) is 34.8 Å². The van der Waals surface area contributed by atoms with E-state index in [0.29, 0.717) is 5.92 Å². The van der Waals surface area contributed by atoms with Gasteiger partial charge in [0.2, 0.25) is 0 Å². The Morgan fingerprint density at radius 3 is 2.71 bits per heavy atom. The van der Waals surface area contributed by atoms with Crippen molar-refractivity contribution in [3.63, 3.8) is 0 Å². The molecule has 1 aliphatic rings. The van der Waals surface area contributed by atoms with Gasteiger partial charge in [-0.25, -0.2) is 0 Å². The average Bonchev–Trinajstić information content (AvgIpc) is 2.83. The maximum Gasteiger partial charge on any atom is 0.125 e. The van der Waals surface area contributed by atoms with E-state index in [0.717, 1.165) is 23.0 Å². The second kappa shape index (κ2) is 5.10. The average molecular weight is 293 g/mol. The van der Waals surface area contributed by atoms with Gasteiger partial charge in [-0.05, 0) is 43.9 Å². The molecule has 3 heteroatoms. The van der Waals surface area contributed by atoms with Crippen molar-refractivity contribution in [1.29, 1.82) is 5.26 Å². The van der Waals surface area contributed by atoms with Crippen LogP contribution in [0.1, 0.15) is 32.6 Å². The van der Waals surface area contributed by atoms with Crippen LogP contribution in [0.15, 0.2) is 28.7 Å². The molecule has 0 bridgehead atoms. The highest BCUT2D eigenvalue weighted by molar-refractivity contribution is 9.10. The quantitative estimate of drug-likeness (QED) is 0.900. The van der Waals surface area contributed by atoms with Crippen molar-refractivity contribution in [3.8, 4) is 6.07 Å². The normalized spacial score (nSPS) is 19.6. The van der Waals surface area contributed by atoms with Gasteiger partial charge in [0.15, 0.2) is 0 Å². The van der Waals surface area contributed by atoms with Gasteiger partial charge >= 0.3 is 0 Å². The zero-order valence-electron chi connectivity index (χ0n) is 10.0. The number of benzene rings is 1. The zero-order chi connectivity index (χ0) is 12.3. The van der Waals surface area contributed by atoms with Crippen molar-refractivity contribution < 1.29 is 0 Å². The Bertz CT molecular complexity index is 432. The van der Waals surface area contributed by atoms with E-state index < -0.39 is 5.54 Å². The second-order valence-corrected chi connectivity index (χ2v) is 5.85. The van der Waals surface area contributed by atoms with Gasteiger partial charge in [-0.15, -0.1) is 0 Å². The van der Waals surface area contributed by atoms with E-state index in [-0.39, 0.29) is 0 Å². The summed E-state index contributed by atoms with van der Waals surface area (Å²) in [6.45, 7) is 2.02. The van der Waals surface area contributed by atoms with Crippen molar-refractivity contribution in [2.45, 2.75) is 38.1 Å². The lowest BCUT2D eigenvalue weighted by Gasteiger charge is -2.30. The highest BCUT2D eigenvalue weighted by Gasteiger charge is 2.36. The van der Waals surface area contributed by atoms with E-state index in [1.807, 2.05) is 31.2 Å². The van der Waals surface area contributed by atoms with Gasteiger partial charge in [0.1, 0.15) is 5.54 Å². The lowest BCUT2D eigenvalue weighted by Crippen LogP contribution is -2.40. The Morgan fingerprint density at radius 2 is 2.12 bits per heavy atom. The summed E-state index contributed by atoms with van der Waals surface area (Å²) in [7, 11) is 0. The number of hydrogen-bond donors (Lipinski definition) is 1. The van der Waals surface area contributed by atoms with E-state index in [4.69, 9.17) is 0 Å². The molecule has 1 saturated carbocycles. The van der Waals surface area contributed by atoms with Gasteiger partial charge in [0.25, 0.3) is 0 Å². The van der Waals surface area contributed by atoms with E-state index in [2.05, 4.69) is 27.3 Å². The van der Waals surface area contributed by atoms with Crippen LogP contribution in [0.25, 0.3) is 0 Å². The van der Waals surface area contributed by atoms with Crippen molar-refractivity contribution in [3.05, 3.63) is 28.7 Å². The minimum atomic E-state index is -0.447. The Labute approximate surface area is 111 Å². The SMILES string of the molecule is CC(C#N)(Nc1cccc(Br)c1)C1CCCC1. The lowest BCUT2D eigenvalue weighted by atomic mass is 9.85. The molecular formula is C14H17BrN2. The Morgan fingerprint density at radius 1 is 1.41 bits per heavy atom. The van der Waals surface area contributed by atoms with E-state index in [9.17, 15) is 5.26 Å². The molecule has 90 valence electrons. The molecule has 1 unspecified atom stereocenters. The van der Waals surface area contributed by atoms with E-state index in [1.54, 1.807) is 0 Å². The third-order valence-corrected chi connectivity index (χ3v) is 4.13. The number of nitrogens with zero attached hydrogens (tertiary/aromatic N) is 1. The summed E-state index contributed by atoms with van der Waals surface area (Å²) >= 11 is 3.45. The third-order valence-electron chi connectivity index (χ3n) is 3.63. The first-order valence-electron chi connectivity index (χ1n) is 6.09. The van der Waals surface area contributed by atoms with Gasteiger partial charge in [-0.3, -0.25) is 0 Å². The monoisotopic (exact) mass is 292 g/mol. The Kier molecular flexibility index (Phi) is 3.73. The largest absolute Gasteiger partial charge is 0.367 e. The minimum Gasteiger partial charge on any atom is -0.367 e. The molecule has 2 nitrogen and oxygen atoms in total. The third kappa shape index (κ3) is 2.81. The molecule has 0 radical (unpaired) electrons.